The van der Waals surface area contributed by atoms with Crippen LogP contribution in [0.25, 0.3) is 0 Å². The average Bonchev–Trinajstić information content (AvgIpc) is 3.04. The molecule has 0 amide bonds. The molecule has 0 unspecified atom stereocenters. The molecule has 2 aliphatic carbocycles. The molecule has 0 aromatic carbocycles. The van der Waals surface area contributed by atoms with Gasteiger partial charge in [-0.15, -0.1) is 0 Å². The van der Waals surface area contributed by atoms with Gasteiger partial charge in [-0.25, -0.2) is 0 Å². The van der Waals surface area contributed by atoms with E-state index in [9.17, 15) is 0 Å². The van der Waals surface area contributed by atoms with Crippen LogP contribution >= 0.6 is 0 Å². The van der Waals surface area contributed by atoms with Crippen LogP contribution in [0.5, 0.6) is 0 Å². The second-order valence-corrected chi connectivity index (χ2v) is 4.67. The molecule has 0 radical (unpaired) electrons. The van der Waals surface area contributed by atoms with Gasteiger partial charge in [-0.05, 0) is 43.4 Å². The van der Waals surface area contributed by atoms with Crippen molar-refractivity contribution in [2.45, 2.75) is 32.1 Å². The molecule has 1 aliphatic heterocycles. The van der Waals surface area contributed by atoms with Crippen molar-refractivity contribution in [3.05, 3.63) is 0 Å². The molecule has 1 heterocycles. The van der Waals surface area contributed by atoms with Crippen LogP contribution in [-0.4, -0.2) is 19.0 Å². The molecule has 0 bridgehead atoms. The van der Waals surface area contributed by atoms with Crippen LogP contribution in [0.1, 0.15) is 32.1 Å². The molecule has 2 saturated carbocycles. The van der Waals surface area contributed by atoms with Crippen LogP contribution < -0.4 is 0 Å². The van der Waals surface area contributed by atoms with Crippen molar-refractivity contribution in [1.29, 1.82) is 0 Å². The van der Waals surface area contributed by atoms with E-state index >= 15 is 0 Å². The van der Waals surface area contributed by atoms with E-state index in [4.69, 9.17) is 4.74 Å². The minimum absolute atomic E-state index is 0.831. The molecular formula is C11H17NO. The Labute approximate surface area is 79.4 Å². The normalized spacial score (nSPS) is 27.6. The third kappa shape index (κ3) is 1.72. The molecule has 13 heavy (non-hydrogen) atoms. The van der Waals surface area contributed by atoms with Crippen LogP contribution in [0.3, 0.4) is 0 Å². The molecule has 0 aromatic heterocycles. The lowest BCUT2D eigenvalue weighted by atomic mass is 9.94. The Morgan fingerprint density at radius 2 is 1.92 bits per heavy atom. The molecule has 0 N–H and O–H groups in total. The molecule has 2 heteroatoms. The molecular weight excluding hydrogens is 162 g/mol. The van der Waals surface area contributed by atoms with Gasteiger partial charge in [-0.3, -0.25) is 4.99 Å². The fourth-order valence-electron chi connectivity index (χ4n) is 2.47. The van der Waals surface area contributed by atoms with Crippen LogP contribution in [-0.2, 0) is 4.74 Å². The minimum Gasteiger partial charge on any atom is -0.479 e. The Hall–Kier alpha value is -0.530. The van der Waals surface area contributed by atoms with Crippen LogP contribution in [0.4, 0.5) is 0 Å². The molecule has 3 rings (SSSR count). The highest BCUT2D eigenvalue weighted by Crippen LogP contribution is 2.50. The summed E-state index contributed by atoms with van der Waals surface area (Å²) in [6, 6.07) is 0. The molecule has 2 fully saturated rings. The Morgan fingerprint density at radius 3 is 2.38 bits per heavy atom. The maximum atomic E-state index is 5.49. The second kappa shape index (κ2) is 3.00. The van der Waals surface area contributed by atoms with Gasteiger partial charge in [0.05, 0.1) is 6.54 Å². The summed E-state index contributed by atoms with van der Waals surface area (Å²) in [4.78, 5) is 4.39. The zero-order valence-corrected chi connectivity index (χ0v) is 8.04. The monoisotopic (exact) mass is 179 g/mol. The molecule has 2 nitrogen and oxygen atoms in total. The van der Waals surface area contributed by atoms with Crippen molar-refractivity contribution in [1.82, 2.24) is 0 Å². The average molecular weight is 179 g/mol. The summed E-state index contributed by atoms with van der Waals surface area (Å²) in [5, 5.41) is 0. The number of hydrogen-bond donors (Lipinski definition) is 0. The van der Waals surface area contributed by atoms with E-state index in [1.165, 1.54) is 25.7 Å². The van der Waals surface area contributed by atoms with Crippen LogP contribution in [0.2, 0.25) is 0 Å². The molecule has 72 valence electrons. The Bertz CT molecular complexity index is 216. The van der Waals surface area contributed by atoms with E-state index in [0.29, 0.717) is 0 Å². The summed E-state index contributed by atoms with van der Waals surface area (Å²) in [6.45, 7) is 1.73. The van der Waals surface area contributed by atoms with Crippen LogP contribution in [0, 0.1) is 17.8 Å². The van der Waals surface area contributed by atoms with Gasteiger partial charge >= 0.3 is 0 Å². The zero-order valence-electron chi connectivity index (χ0n) is 8.04. The lowest BCUT2D eigenvalue weighted by Crippen LogP contribution is -2.12. The topological polar surface area (TPSA) is 21.6 Å². The smallest absolute Gasteiger partial charge is 0.183 e. The summed E-state index contributed by atoms with van der Waals surface area (Å²) in [5.74, 6) is 4.04. The first-order valence-corrected chi connectivity index (χ1v) is 5.59. The first-order valence-electron chi connectivity index (χ1n) is 5.59. The summed E-state index contributed by atoms with van der Waals surface area (Å²) in [6.07, 6.45) is 7.02. The molecule has 0 aromatic rings. The summed E-state index contributed by atoms with van der Waals surface area (Å²) in [5.41, 5.74) is 0. The van der Waals surface area contributed by atoms with Gasteiger partial charge in [0, 0.05) is 6.42 Å². The van der Waals surface area contributed by atoms with Crippen LogP contribution in [0.15, 0.2) is 4.99 Å². The van der Waals surface area contributed by atoms with Gasteiger partial charge in [0.2, 0.25) is 0 Å². The maximum Gasteiger partial charge on any atom is 0.183 e. The molecule has 0 atom stereocenters. The van der Waals surface area contributed by atoms with Gasteiger partial charge in [-0.1, -0.05) is 0 Å². The Morgan fingerprint density at radius 1 is 1.23 bits per heavy atom. The van der Waals surface area contributed by atoms with E-state index in [2.05, 4.69) is 4.99 Å². The highest BCUT2D eigenvalue weighted by atomic mass is 16.5. The number of ether oxygens (including phenoxy) is 1. The predicted molar refractivity (Wildman–Crippen MR) is 51.8 cm³/mol. The van der Waals surface area contributed by atoms with Gasteiger partial charge < -0.3 is 4.74 Å². The third-order valence-electron chi connectivity index (χ3n) is 3.51. The molecule has 0 saturated heterocycles. The van der Waals surface area contributed by atoms with Crippen molar-refractivity contribution in [3.8, 4) is 0 Å². The van der Waals surface area contributed by atoms with Gasteiger partial charge in [-0.2, -0.15) is 0 Å². The Kier molecular flexibility index (Phi) is 1.81. The number of hydrogen-bond acceptors (Lipinski definition) is 2. The van der Waals surface area contributed by atoms with Crippen molar-refractivity contribution >= 4 is 5.90 Å². The molecule has 0 spiro atoms. The quantitative estimate of drug-likeness (QED) is 0.648. The van der Waals surface area contributed by atoms with Crippen molar-refractivity contribution in [2.75, 3.05) is 13.2 Å². The fraction of sp³-hybridized carbons (Fsp3) is 0.909. The van der Waals surface area contributed by atoms with E-state index < -0.39 is 0 Å². The SMILES string of the molecule is C1COC(CC(C2CC2)C2CC2)=N1. The fourth-order valence-corrected chi connectivity index (χ4v) is 2.47. The maximum absolute atomic E-state index is 5.49. The first kappa shape index (κ1) is 7.84. The van der Waals surface area contributed by atoms with Crippen molar-refractivity contribution in [2.24, 2.45) is 22.7 Å². The highest BCUT2D eigenvalue weighted by molar-refractivity contribution is 5.77. The van der Waals surface area contributed by atoms with Gasteiger partial charge in [0.1, 0.15) is 6.61 Å². The van der Waals surface area contributed by atoms with E-state index in [0.717, 1.165) is 43.2 Å². The standard InChI is InChI=1S/C11H17NO/c1-2-8(1)10(9-3-4-9)7-11-12-5-6-13-11/h8-10H,1-7H2. The van der Waals surface area contributed by atoms with Gasteiger partial charge in [0.15, 0.2) is 5.90 Å². The first-order chi connectivity index (χ1) is 6.43. The zero-order chi connectivity index (χ0) is 8.67. The van der Waals surface area contributed by atoms with E-state index in [-0.39, 0.29) is 0 Å². The van der Waals surface area contributed by atoms with Gasteiger partial charge in [0.25, 0.3) is 0 Å². The summed E-state index contributed by atoms with van der Waals surface area (Å²) < 4.78 is 5.49. The van der Waals surface area contributed by atoms with Crippen molar-refractivity contribution < 1.29 is 4.74 Å². The van der Waals surface area contributed by atoms with E-state index in [1.807, 2.05) is 0 Å². The lowest BCUT2D eigenvalue weighted by Gasteiger charge is -2.14. The van der Waals surface area contributed by atoms with E-state index in [1.54, 1.807) is 0 Å². The largest absolute Gasteiger partial charge is 0.479 e. The number of nitrogens with zero attached hydrogens (tertiary/aromatic N) is 1. The Balaban J connectivity index is 1.60. The summed E-state index contributed by atoms with van der Waals surface area (Å²) >= 11 is 0. The highest BCUT2D eigenvalue weighted by Gasteiger charge is 2.42. The van der Waals surface area contributed by atoms with Crippen molar-refractivity contribution in [3.63, 3.8) is 0 Å². The third-order valence-corrected chi connectivity index (χ3v) is 3.51. The molecule has 3 aliphatic rings. The number of rotatable bonds is 4. The predicted octanol–water partition coefficient (Wildman–Crippen LogP) is 2.24. The number of aliphatic imine (C=N–C) groups is 1. The second-order valence-electron chi connectivity index (χ2n) is 4.67. The summed E-state index contributed by atoms with van der Waals surface area (Å²) in [7, 11) is 0. The minimum atomic E-state index is 0.831. The lowest BCUT2D eigenvalue weighted by molar-refractivity contribution is 0.314.